The summed E-state index contributed by atoms with van der Waals surface area (Å²) < 4.78 is 7.60. The summed E-state index contributed by atoms with van der Waals surface area (Å²) in [6.07, 6.45) is 4.52. The normalized spacial score (nSPS) is 18.3. The van der Waals surface area contributed by atoms with Crippen molar-refractivity contribution in [1.82, 2.24) is 29.9 Å². The smallest absolute Gasteiger partial charge is 0.240 e. The van der Waals surface area contributed by atoms with Crippen molar-refractivity contribution in [2.45, 2.75) is 25.9 Å². The second-order valence-corrected chi connectivity index (χ2v) is 6.79. The highest BCUT2D eigenvalue weighted by Crippen LogP contribution is 2.22. The van der Waals surface area contributed by atoms with E-state index in [-0.39, 0.29) is 6.04 Å². The zero-order valence-electron chi connectivity index (χ0n) is 15.2. The van der Waals surface area contributed by atoms with Crippen molar-refractivity contribution in [2.24, 2.45) is 7.05 Å². The van der Waals surface area contributed by atoms with Gasteiger partial charge in [0.05, 0.1) is 12.6 Å². The molecule has 1 aliphatic heterocycles. The van der Waals surface area contributed by atoms with Gasteiger partial charge in [-0.05, 0) is 18.1 Å². The minimum absolute atomic E-state index is 0.204. The molecule has 0 bridgehead atoms. The van der Waals surface area contributed by atoms with Crippen LogP contribution in [0.2, 0.25) is 0 Å². The first-order valence-corrected chi connectivity index (χ1v) is 8.98. The first kappa shape index (κ1) is 16.9. The molecule has 1 aliphatic rings. The first-order valence-electron chi connectivity index (χ1n) is 8.98. The molecule has 136 valence electrons. The molecule has 1 unspecified atom stereocenters. The Bertz CT molecular complexity index is 870. The Hall–Kier alpha value is -2.51. The maximum absolute atomic E-state index is 5.53. The Morgan fingerprint density at radius 3 is 3.00 bits per heavy atom. The lowest BCUT2D eigenvalue weighted by Gasteiger charge is -2.34. The molecule has 0 aliphatic carbocycles. The molecule has 1 atom stereocenters. The van der Waals surface area contributed by atoms with Crippen molar-refractivity contribution >= 4 is 0 Å². The second-order valence-electron chi connectivity index (χ2n) is 6.79. The van der Waals surface area contributed by atoms with Crippen molar-refractivity contribution in [3.8, 4) is 0 Å². The third kappa shape index (κ3) is 3.54. The molecule has 1 saturated heterocycles. The van der Waals surface area contributed by atoms with Crippen LogP contribution in [0.1, 0.15) is 34.7 Å². The van der Waals surface area contributed by atoms with Crippen LogP contribution >= 0.6 is 0 Å². The Kier molecular flexibility index (Phi) is 4.81. The molecule has 26 heavy (non-hydrogen) atoms. The van der Waals surface area contributed by atoms with Crippen molar-refractivity contribution in [3.63, 3.8) is 0 Å². The highest BCUT2D eigenvalue weighted by atomic mass is 16.5. The Morgan fingerprint density at radius 2 is 2.19 bits per heavy atom. The number of hydrogen-bond donors (Lipinski definition) is 1. The number of imidazole rings is 1. The van der Waals surface area contributed by atoms with Gasteiger partial charge in [-0.15, -0.1) is 0 Å². The summed E-state index contributed by atoms with van der Waals surface area (Å²) in [6, 6.07) is 8.51. The van der Waals surface area contributed by atoms with Gasteiger partial charge in [-0.2, -0.15) is 4.98 Å². The fourth-order valence-corrected chi connectivity index (χ4v) is 3.47. The fourth-order valence-electron chi connectivity index (χ4n) is 3.47. The van der Waals surface area contributed by atoms with E-state index in [0.29, 0.717) is 18.9 Å². The molecule has 2 aromatic heterocycles. The SMILES string of the molecule is Cc1ccccc1Cc1noc(CN2CCNCC2c2nccn2C)n1. The number of rotatable bonds is 5. The van der Waals surface area contributed by atoms with E-state index in [1.807, 2.05) is 31.6 Å². The molecule has 1 aromatic carbocycles. The van der Waals surface area contributed by atoms with Crippen LogP contribution in [-0.4, -0.2) is 44.2 Å². The number of nitrogens with zero attached hydrogens (tertiary/aromatic N) is 5. The first-order chi connectivity index (χ1) is 12.7. The zero-order valence-corrected chi connectivity index (χ0v) is 15.2. The predicted octanol–water partition coefficient (Wildman–Crippen LogP) is 1.85. The van der Waals surface area contributed by atoms with Gasteiger partial charge in [0.1, 0.15) is 5.82 Å². The lowest BCUT2D eigenvalue weighted by atomic mass is 10.1. The highest BCUT2D eigenvalue weighted by molar-refractivity contribution is 5.27. The summed E-state index contributed by atoms with van der Waals surface area (Å²) in [5.74, 6) is 2.45. The Morgan fingerprint density at radius 1 is 1.31 bits per heavy atom. The summed E-state index contributed by atoms with van der Waals surface area (Å²) >= 11 is 0. The molecule has 1 fully saturated rings. The van der Waals surface area contributed by atoms with Crippen LogP contribution in [-0.2, 0) is 20.0 Å². The van der Waals surface area contributed by atoms with Gasteiger partial charge in [0, 0.05) is 45.5 Å². The molecular formula is C19H24N6O. The van der Waals surface area contributed by atoms with Crippen LogP contribution in [0, 0.1) is 6.92 Å². The van der Waals surface area contributed by atoms with Crippen molar-refractivity contribution in [1.29, 1.82) is 0 Å². The van der Waals surface area contributed by atoms with E-state index >= 15 is 0 Å². The molecule has 0 radical (unpaired) electrons. The number of hydrogen-bond acceptors (Lipinski definition) is 6. The predicted molar refractivity (Wildman–Crippen MR) is 97.5 cm³/mol. The van der Waals surface area contributed by atoms with Gasteiger partial charge < -0.3 is 14.4 Å². The number of aromatic nitrogens is 4. The van der Waals surface area contributed by atoms with Crippen LogP contribution in [0.25, 0.3) is 0 Å². The molecule has 4 rings (SSSR count). The Labute approximate surface area is 153 Å². The summed E-state index contributed by atoms with van der Waals surface area (Å²) in [4.78, 5) is 11.5. The zero-order chi connectivity index (χ0) is 17.9. The minimum atomic E-state index is 0.204. The third-order valence-corrected chi connectivity index (χ3v) is 4.97. The minimum Gasteiger partial charge on any atom is -0.338 e. The van der Waals surface area contributed by atoms with E-state index in [2.05, 4.69) is 49.0 Å². The van der Waals surface area contributed by atoms with Crippen LogP contribution in [0.3, 0.4) is 0 Å². The van der Waals surface area contributed by atoms with E-state index in [1.54, 1.807) is 0 Å². The van der Waals surface area contributed by atoms with Gasteiger partial charge in [0.25, 0.3) is 0 Å². The van der Waals surface area contributed by atoms with Gasteiger partial charge in [-0.1, -0.05) is 29.4 Å². The molecule has 0 spiro atoms. The lowest BCUT2D eigenvalue weighted by molar-refractivity contribution is 0.128. The van der Waals surface area contributed by atoms with Gasteiger partial charge in [0.15, 0.2) is 5.82 Å². The van der Waals surface area contributed by atoms with Crippen LogP contribution < -0.4 is 5.32 Å². The number of piperazine rings is 1. The monoisotopic (exact) mass is 352 g/mol. The maximum Gasteiger partial charge on any atom is 0.240 e. The highest BCUT2D eigenvalue weighted by Gasteiger charge is 2.28. The van der Waals surface area contributed by atoms with E-state index in [0.717, 1.165) is 31.3 Å². The molecular weight excluding hydrogens is 328 g/mol. The molecule has 1 N–H and O–H groups in total. The van der Waals surface area contributed by atoms with Crippen LogP contribution in [0.4, 0.5) is 0 Å². The van der Waals surface area contributed by atoms with E-state index < -0.39 is 0 Å². The van der Waals surface area contributed by atoms with E-state index in [9.17, 15) is 0 Å². The molecule has 3 aromatic rings. The van der Waals surface area contributed by atoms with Crippen LogP contribution in [0.5, 0.6) is 0 Å². The summed E-state index contributed by atoms with van der Waals surface area (Å²) in [7, 11) is 2.03. The molecule has 0 amide bonds. The van der Waals surface area contributed by atoms with Gasteiger partial charge >= 0.3 is 0 Å². The fraction of sp³-hybridized carbons (Fsp3) is 0.421. The average molecular weight is 352 g/mol. The lowest BCUT2D eigenvalue weighted by Crippen LogP contribution is -2.46. The Balaban J connectivity index is 1.47. The summed E-state index contributed by atoms with van der Waals surface area (Å²) in [5.41, 5.74) is 2.48. The van der Waals surface area contributed by atoms with Crippen LogP contribution in [0.15, 0.2) is 41.2 Å². The number of aryl methyl sites for hydroxylation is 2. The summed E-state index contributed by atoms with van der Waals surface area (Å²) in [6.45, 7) is 5.49. The number of nitrogens with one attached hydrogen (secondary N) is 1. The third-order valence-electron chi connectivity index (χ3n) is 4.97. The molecule has 0 saturated carbocycles. The standard InChI is InChI=1S/C19H24N6O/c1-14-5-3-4-6-15(14)11-17-22-18(26-23-17)13-25-10-7-20-12-16(25)19-21-8-9-24(19)2/h3-6,8-9,16,20H,7,10-13H2,1-2H3. The van der Waals surface area contributed by atoms with Gasteiger partial charge in [-0.25, -0.2) is 4.98 Å². The van der Waals surface area contributed by atoms with Crippen molar-refractivity contribution in [3.05, 3.63) is 65.3 Å². The average Bonchev–Trinajstić information content (AvgIpc) is 3.26. The van der Waals surface area contributed by atoms with Gasteiger partial charge in [0.2, 0.25) is 5.89 Å². The molecule has 3 heterocycles. The van der Waals surface area contributed by atoms with E-state index in [1.165, 1.54) is 11.1 Å². The second kappa shape index (κ2) is 7.39. The largest absolute Gasteiger partial charge is 0.338 e. The quantitative estimate of drug-likeness (QED) is 0.756. The molecule has 7 nitrogen and oxygen atoms in total. The topological polar surface area (TPSA) is 72.0 Å². The molecule has 7 heteroatoms. The number of benzene rings is 1. The van der Waals surface area contributed by atoms with Crippen molar-refractivity contribution < 1.29 is 4.52 Å². The van der Waals surface area contributed by atoms with E-state index in [4.69, 9.17) is 4.52 Å². The summed E-state index contributed by atoms with van der Waals surface area (Å²) in [5, 5.41) is 7.62. The maximum atomic E-state index is 5.53. The van der Waals surface area contributed by atoms with Gasteiger partial charge in [-0.3, -0.25) is 4.90 Å². The van der Waals surface area contributed by atoms with Crippen molar-refractivity contribution in [2.75, 3.05) is 19.6 Å².